The van der Waals surface area contributed by atoms with Crippen molar-refractivity contribution in [2.45, 2.75) is 0 Å². The lowest BCUT2D eigenvalue weighted by molar-refractivity contribution is 0.0395. The van der Waals surface area contributed by atoms with Gasteiger partial charge in [-0.3, -0.25) is 4.98 Å². The molecule has 5 nitrogen and oxygen atoms in total. The molecule has 0 amide bonds. The van der Waals surface area contributed by atoms with Crippen LogP contribution in [0.2, 0.25) is 0 Å². The zero-order valence-corrected chi connectivity index (χ0v) is 12.6. The lowest BCUT2D eigenvalue weighted by Crippen LogP contribution is -2.24. The lowest BCUT2D eigenvalue weighted by Gasteiger charge is -2.26. The monoisotopic (exact) mass is 290 g/mol. The van der Waals surface area contributed by atoms with Crippen molar-refractivity contribution in [3.63, 3.8) is 0 Å². The second-order valence-electron chi connectivity index (χ2n) is 4.71. The van der Waals surface area contributed by atoms with Gasteiger partial charge >= 0.3 is 0 Å². The van der Waals surface area contributed by atoms with Crippen LogP contribution in [0.4, 0.5) is 0 Å². The summed E-state index contributed by atoms with van der Waals surface area (Å²) >= 11 is 0. The Balaban J connectivity index is 1.81. The molecule has 21 heavy (non-hydrogen) atoms. The van der Waals surface area contributed by atoms with E-state index in [1.165, 1.54) is 0 Å². The van der Waals surface area contributed by atoms with Gasteiger partial charge in [0.25, 0.3) is 0 Å². The summed E-state index contributed by atoms with van der Waals surface area (Å²) in [6.07, 6.45) is 5.84. The molecular weight excluding hydrogens is 268 g/mol. The zero-order valence-electron chi connectivity index (χ0n) is 12.6. The number of allylic oxidation sites excluding steroid dienone is 2. The summed E-state index contributed by atoms with van der Waals surface area (Å²) in [7, 11) is 3.69. The minimum absolute atomic E-state index is 0.552. The number of rotatable bonds is 8. The van der Waals surface area contributed by atoms with Crippen LogP contribution < -0.4 is 0 Å². The topological polar surface area (TPSA) is 43.8 Å². The summed E-state index contributed by atoms with van der Waals surface area (Å²) in [4.78, 5) is 6.50. The first-order valence-electron chi connectivity index (χ1n) is 7.04. The van der Waals surface area contributed by atoms with Gasteiger partial charge in [-0.05, 0) is 24.3 Å². The summed E-state index contributed by atoms with van der Waals surface area (Å²) in [6, 6.07) is 5.91. The van der Waals surface area contributed by atoms with Gasteiger partial charge in [-0.2, -0.15) is 0 Å². The molecule has 2 heterocycles. The van der Waals surface area contributed by atoms with Crippen molar-refractivity contribution in [1.82, 2.24) is 9.88 Å². The lowest BCUT2D eigenvalue weighted by atomic mass is 10.2. The third kappa shape index (κ3) is 4.88. The van der Waals surface area contributed by atoms with Crippen LogP contribution in [0.25, 0.3) is 5.70 Å². The van der Waals surface area contributed by atoms with Crippen LogP contribution in [0.3, 0.4) is 0 Å². The number of hydrogen-bond acceptors (Lipinski definition) is 5. The number of hydrogen-bond donors (Lipinski definition) is 0. The second kappa shape index (κ2) is 8.44. The number of aromatic nitrogens is 1. The smallest absolute Gasteiger partial charge is 0.115 e. The fourth-order valence-corrected chi connectivity index (χ4v) is 2.04. The third-order valence-corrected chi connectivity index (χ3v) is 3.11. The second-order valence-corrected chi connectivity index (χ2v) is 4.71. The van der Waals surface area contributed by atoms with E-state index in [0.717, 1.165) is 23.7 Å². The highest BCUT2D eigenvalue weighted by atomic mass is 16.5. The summed E-state index contributed by atoms with van der Waals surface area (Å²) < 4.78 is 16.0. The summed E-state index contributed by atoms with van der Waals surface area (Å²) in [5.74, 6) is 0.938. The average molecular weight is 290 g/mol. The van der Waals surface area contributed by atoms with Crippen LogP contribution in [-0.2, 0) is 14.2 Å². The van der Waals surface area contributed by atoms with Crippen molar-refractivity contribution >= 4 is 5.70 Å². The molecule has 0 aromatic carbocycles. The molecule has 0 radical (unpaired) electrons. The van der Waals surface area contributed by atoms with E-state index in [1.54, 1.807) is 13.3 Å². The number of likely N-dealkylation sites (N-methyl/N-ethyl adjacent to an activating group) is 1. The van der Waals surface area contributed by atoms with Gasteiger partial charge in [0.1, 0.15) is 12.4 Å². The van der Waals surface area contributed by atoms with Gasteiger partial charge in [0, 0.05) is 20.4 Å². The van der Waals surface area contributed by atoms with Gasteiger partial charge in [-0.1, -0.05) is 6.07 Å². The fourth-order valence-electron chi connectivity index (χ4n) is 2.04. The van der Waals surface area contributed by atoms with E-state index in [1.807, 2.05) is 37.4 Å². The summed E-state index contributed by atoms with van der Waals surface area (Å²) in [6.45, 7) is 3.07. The van der Waals surface area contributed by atoms with Crippen LogP contribution in [-0.4, -0.2) is 57.0 Å². The molecule has 1 aromatic heterocycles. The SMILES string of the molecule is COCCOCCOC1=CC=C(c2ccccn2)N(C)C1. The Hall–Kier alpha value is -1.85. The Kier molecular flexibility index (Phi) is 6.24. The van der Waals surface area contributed by atoms with Gasteiger partial charge in [-0.15, -0.1) is 0 Å². The molecule has 2 rings (SSSR count). The van der Waals surface area contributed by atoms with E-state index in [9.17, 15) is 0 Å². The maximum atomic E-state index is 5.71. The highest BCUT2D eigenvalue weighted by Crippen LogP contribution is 2.21. The number of methoxy groups -OCH3 is 1. The Morgan fingerprint density at radius 1 is 1.14 bits per heavy atom. The van der Waals surface area contributed by atoms with E-state index < -0.39 is 0 Å². The first-order valence-corrected chi connectivity index (χ1v) is 7.04. The Morgan fingerprint density at radius 2 is 2.00 bits per heavy atom. The van der Waals surface area contributed by atoms with Crippen LogP contribution in [0, 0.1) is 0 Å². The van der Waals surface area contributed by atoms with Crippen molar-refractivity contribution < 1.29 is 14.2 Å². The Morgan fingerprint density at radius 3 is 2.71 bits per heavy atom. The minimum Gasteiger partial charge on any atom is -0.494 e. The molecule has 0 spiro atoms. The predicted octanol–water partition coefficient (Wildman–Crippen LogP) is 1.93. The molecule has 0 saturated heterocycles. The van der Waals surface area contributed by atoms with Crippen molar-refractivity contribution in [2.24, 2.45) is 0 Å². The van der Waals surface area contributed by atoms with Crippen molar-refractivity contribution in [1.29, 1.82) is 0 Å². The van der Waals surface area contributed by atoms with E-state index in [4.69, 9.17) is 14.2 Å². The van der Waals surface area contributed by atoms with Crippen LogP contribution >= 0.6 is 0 Å². The third-order valence-electron chi connectivity index (χ3n) is 3.11. The zero-order chi connectivity index (χ0) is 14.9. The van der Waals surface area contributed by atoms with E-state index in [0.29, 0.717) is 26.4 Å². The molecule has 1 aliphatic heterocycles. The van der Waals surface area contributed by atoms with Gasteiger partial charge < -0.3 is 19.1 Å². The highest BCUT2D eigenvalue weighted by molar-refractivity contribution is 5.64. The first-order chi connectivity index (χ1) is 10.3. The first kappa shape index (κ1) is 15.5. The van der Waals surface area contributed by atoms with Crippen LogP contribution in [0.5, 0.6) is 0 Å². The van der Waals surface area contributed by atoms with Crippen molar-refractivity contribution in [3.8, 4) is 0 Å². The highest BCUT2D eigenvalue weighted by Gasteiger charge is 2.14. The van der Waals surface area contributed by atoms with Gasteiger partial charge in [0.05, 0.1) is 37.8 Å². The van der Waals surface area contributed by atoms with E-state index >= 15 is 0 Å². The largest absolute Gasteiger partial charge is 0.494 e. The number of pyridine rings is 1. The summed E-state index contributed by atoms with van der Waals surface area (Å²) in [5, 5.41) is 0. The quantitative estimate of drug-likeness (QED) is 0.685. The molecule has 5 heteroatoms. The molecule has 1 aromatic rings. The molecule has 0 saturated carbocycles. The fraction of sp³-hybridized carbons (Fsp3) is 0.438. The predicted molar refractivity (Wildman–Crippen MR) is 81.6 cm³/mol. The standard InChI is InChI=1S/C16H22N2O3/c1-18-13-14(21-12-11-20-10-9-19-2)6-7-16(18)15-5-3-4-8-17-15/h3-8H,9-13H2,1-2H3. The minimum atomic E-state index is 0.552. The number of nitrogens with zero attached hydrogens (tertiary/aromatic N) is 2. The maximum absolute atomic E-state index is 5.71. The molecule has 0 unspecified atom stereocenters. The van der Waals surface area contributed by atoms with E-state index in [-0.39, 0.29) is 0 Å². The molecular formula is C16H22N2O3. The molecule has 1 aliphatic rings. The van der Waals surface area contributed by atoms with Crippen LogP contribution in [0.1, 0.15) is 5.69 Å². The molecule has 0 atom stereocenters. The Bertz CT molecular complexity index is 486. The van der Waals surface area contributed by atoms with Crippen molar-refractivity contribution in [2.75, 3.05) is 47.1 Å². The van der Waals surface area contributed by atoms with E-state index in [2.05, 4.69) is 9.88 Å². The molecule has 0 fully saturated rings. The summed E-state index contributed by atoms with van der Waals surface area (Å²) in [5.41, 5.74) is 2.07. The molecule has 114 valence electrons. The van der Waals surface area contributed by atoms with Crippen LogP contribution in [0.15, 0.2) is 42.3 Å². The number of ether oxygens (including phenoxy) is 3. The molecule has 0 N–H and O–H groups in total. The normalized spacial score (nSPS) is 14.7. The van der Waals surface area contributed by atoms with Crippen molar-refractivity contribution in [3.05, 3.63) is 48.0 Å². The molecule has 0 bridgehead atoms. The van der Waals surface area contributed by atoms with Gasteiger partial charge in [0.15, 0.2) is 0 Å². The average Bonchev–Trinajstić information content (AvgIpc) is 2.52. The molecule has 0 aliphatic carbocycles. The Labute approximate surface area is 125 Å². The maximum Gasteiger partial charge on any atom is 0.115 e. The van der Waals surface area contributed by atoms with Gasteiger partial charge in [0.2, 0.25) is 0 Å². The van der Waals surface area contributed by atoms with Gasteiger partial charge in [-0.25, -0.2) is 0 Å².